The predicted octanol–water partition coefficient (Wildman–Crippen LogP) is 2.42. The highest BCUT2D eigenvalue weighted by atomic mass is 35.5. The minimum Gasteiger partial charge on any atom is -0.337 e. The minimum atomic E-state index is -0.505. The predicted molar refractivity (Wildman–Crippen MR) is 90.7 cm³/mol. The third-order valence-electron chi connectivity index (χ3n) is 3.43. The van der Waals surface area contributed by atoms with E-state index in [0.29, 0.717) is 19.5 Å². The molecule has 0 saturated carbocycles. The van der Waals surface area contributed by atoms with E-state index < -0.39 is 6.04 Å². The fraction of sp³-hybridized carbons (Fsp3) is 0.294. The van der Waals surface area contributed by atoms with E-state index in [1.807, 2.05) is 49.4 Å². The summed E-state index contributed by atoms with van der Waals surface area (Å²) in [5.74, 6) is -0.0156. The van der Waals surface area contributed by atoms with Gasteiger partial charge in [-0.05, 0) is 36.6 Å². The first kappa shape index (κ1) is 18.1. The highest BCUT2D eigenvalue weighted by Crippen LogP contribution is 2.08. The van der Waals surface area contributed by atoms with Crippen LogP contribution < -0.4 is 5.73 Å². The molecule has 2 N–H and O–H groups in total. The number of benzene rings is 1. The van der Waals surface area contributed by atoms with Crippen molar-refractivity contribution in [1.29, 1.82) is 0 Å². The molecule has 2 rings (SSSR count). The van der Waals surface area contributed by atoms with Crippen LogP contribution in [0.1, 0.15) is 18.1 Å². The molecule has 2 aromatic rings. The molecule has 0 fully saturated rings. The molecular formula is C17H22ClN3O. The summed E-state index contributed by atoms with van der Waals surface area (Å²) in [6, 6.07) is 13.2. The summed E-state index contributed by atoms with van der Waals surface area (Å²) in [7, 11) is 0. The van der Waals surface area contributed by atoms with Gasteiger partial charge in [0.1, 0.15) is 0 Å². The lowest BCUT2D eigenvalue weighted by Crippen LogP contribution is -2.44. The minimum absolute atomic E-state index is 0. The maximum absolute atomic E-state index is 12.5. The highest BCUT2D eigenvalue weighted by molar-refractivity contribution is 5.85. The van der Waals surface area contributed by atoms with Gasteiger partial charge in [-0.3, -0.25) is 9.78 Å². The van der Waals surface area contributed by atoms with Crippen LogP contribution in [-0.2, 0) is 17.8 Å². The average Bonchev–Trinajstić information content (AvgIpc) is 2.54. The monoisotopic (exact) mass is 319 g/mol. The van der Waals surface area contributed by atoms with Gasteiger partial charge in [0, 0.05) is 25.5 Å². The highest BCUT2D eigenvalue weighted by Gasteiger charge is 2.20. The van der Waals surface area contributed by atoms with Gasteiger partial charge in [-0.1, -0.05) is 30.3 Å². The number of likely N-dealkylation sites (N-methyl/N-ethyl adjacent to an activating group) is 1. The average molecular weight is 320 g/mol. The zero-order valence-electron chi connectivity index (χ0n) is 12.7. The summed E-state index contributed by atoms with van der Waals surface area (Å²) in [6.45, 7) is 3.18. The van der Waals surface area contributed by atoms with Crippen LogP contribution in [-0.4, -0.2) is 28.4 Å². The summed E-state index contributed by atoms with van der Waals surface area (Å²) in [4.78, 5) is 18.2. The quantitative estimate of drug-likeness (QED) is 0.889. The van der Waals surface area contributed by atoms with Gasteiger partial charge in [0.2, 0.25) is 5.91 Å². The summed E-state index contributed by atoms with van der Waals surface area (Å²) in [5.41, 5.74) is 8.22. The van der Waals surface area contributed by atoms with Crippen molar-refractivity contribution in [1.82, 2.24) is 9.88 Å². The molecule has 1 amide bonds. The number of pyridine rings is 1. The zero-order chi connectivity index (χ0) is 15.1. The van der Waals surface area contributed by atoms with Crippen LogP contribution in [0.4, 0.5) is 0 Å². The molecule has 0 aliphatic heterocycles. The molecule has 0 aliphatic rings. The van der Waals surface area contributed by atoms with Crippen LogP contribution in [0.15, 0.2) is 54.9 Å². The maximum atomic E-state index is 12.5. The lowest BCUT2D eigenvalue weighted by atomic mass is 10.1. The van der Waals surface area contributed by atoms with E-state index in [0.717, 1.165) is 11.1 Å². The Morgan fingerprint density at radius 3 is 2.36 bits per heavy atom. The van der Waals surface area contributed by atoms with Gasteiger partial charge in [-0.25, -0.2) is 0 Å². The van der Waals surface area contributed by atoms with E-state index in [-0.39, 0.29) is 18.3 Å². The van der Waals surface area contributed by atoms with Gasteiger partial charge < -0.3 is 10.6 Å². The van der Waals surface area contributed by atoms with Crippen LogP contribution >= 0.6 is 12.4 Å². The van der Waals surface area contributed by atoms with Gasteiger partial charge in [-0.2, -0.15) is 0 Å². The van der Waals surface area contributed by atoms with Gasteiger partial charge in [0.05, 0.1) is 6.04 Å². The van der Waals surface area contributed by atoms with Crippen LogP contribution in [0.5, 0.6) is 0 Å². The fourth-order valence-corrected chi connectivity index (χ4v) is 2.24. The molecule has 0 bridgehead atoms. The molecule has 0 saturated heterocycles. The molecule has 5 heteroatoms. The lowest BCUT2D eigenvalue weighted by molar-refractivity contribution is -0.133. The Balaban J connectivity index is 0.00000242. The Kier molecular flexibility index (Phi) is 7.57. The van der Waals surface area contributed by atoms with Crippen molar-refractivity contribution in [3.63, 3.8) is 0 Å². The molecule has 22 heavy (non-hydrogen) atoms. The summed E-state index contributed by atoms with van der Waals surface area (Å²) < 4.78 is 0. The van der Waals surface area contributed by atoms with Crippen molar-refractivity contribution in [3.8, 4) is 0 Å². The van der Waals surface area contributed by atoms with Gasteiger partial charge in [-0.15, -0.1) is 12.4 Å². The third kappa shape index (κ3) is 5.13. The van der Waals surface area contributed by atoms with Crippen LogP contribution in [0.25, 0.3) is 0 Å². The Hall–Kier alpha value is -1.91. The van der Waals surface area contributed by atoms with E-state index in [9.17, 15) is 4.79 Å². The van der Waals surface area contributed by atoms with Gasteiger partial charge in [0.25, 0.3) is 0 Å². The Bertz CT molecular complexity index is 563. The normalized spacial score (nSPS) is 11.4. The first-order valence-corrected chi connectivity index (χ1v) is 7.18. The molecule has 1 atom stereocenters. The molecule has 1 aromatic heterocycles. The molecule has 0 radical (unpaired) electrons. The number of carbonyl (C=O) groups excluding carboxylic acids is 1. The number of rotatable bonds is 6. The van der Waals surface area contributed by atoms with Crippen molar-refractivity contribution in [2.45, 2.75) is 25.9 Å². The molecule has 1 heterocycles. The second-order valence-corrected chi connectivity index (χ2v) is 5.00. The maximum Gasteiger partial charge on any atom is 0.240 e. The second kappa shape index (κ2) is 9.18. The molecule has 118 valence electrons. The molecule has 4 nitrogen and oxygen atoms in total. The summed E-state index contributed by atoms with van der Waals surface area (Å²) in [5, 5.41) is 0. The lowest BCUT2D eigenvalue weighted by Gasteiger charge is -2.24. The number of hydrogen-bond donors (Lipinski definition) is 1. The fourth-order valence-electron chi connectivity index (χ4n) is 2.24. The summed E-state index contributed by atoms with van der Waals surface area (Å²) in [6.07, 6.45) is 4.03. The molecule has 0 spiro atoms. The number of aromatic nitrogens is 1. The number of carbonyl (C=O) groups is 1. The van der Waals surface area contributed by atoms with E-state index in [1.165, 1.54) is 0 Å². The first-order chi connectivity index (χ1) is 10.2. The number of hydrogen-bond acceptors (Lipinski definition) is 3. The van der Waals surface area contributed by atoms with Crippen molar-refractivity contribution < 1.29 is 4.79 Å². The van der Waals surface area contributed by atoms with Crippen LogP contribution in [0.3, 0.4) is 0 Å². The Morgan fingerprint density at radius 1 is 1.14 bits per heavy atom. The molecule has 0 unspecified atom stereocenters. The molecular weight excluding hydrogens is 298 g/mol. The number of nitrogens with zero attached hydrogens (tertiary/aromatic N) is 2. The van der Waals surface area contributed by atoms with E-state index in [4.69, 9.17) is 5.73 Å². The second-order valence-electron chi connectivity index (χ2n) is 5.00. The topological polar surface area (TPSA) is 59.2 Å². The number of amides is 1. The van der Waals surface area contributed by atoms with Crippen LogP contribution in [0.2, 0.25) is 0 Å². The SMILES string of the molecule is CCN(Cc1ccncc1)C(=O)[C@@H](N)Cc1ccccc1.Cl. The Morgan fingerprint density at radius 2 is 1.77 bits per heavy atom. The van der Waals surface area contributed by atoms with Crippen LogP contribution in [0, 0.1) is 0 Å². The van der Waals surface area contributed by atoms with Gasteiger partial charge >= 0.3 is 0 Å². The molecule has 0 aliphatic carbocycles. The number of nitrogens with two attached hydrogens (primary N) is 1. The van der Waals surface area contributed by atoms with Crippen molar-refractivity contribution >= 4 is 18.3 Å². The van der Waals surface area contributed by atoms with Gasteiger partial charge in [0.15, 0.2) is 0 Å². The Labute approximate surface area is 137 Å². The standard InChI is InChI=1S/C17H21N3O.ClH/c1-2-20(13-15-8-10-19-11-9-15)17(21)16(18)12-14-6-4-3-5-7-14;/h3-11,16H,2,12-13,18H2,1H3;1H/t16-;/m0./s1. The molecule has 1 aromatic carbocycles. The van der Waals surface area contributed by atoms with E-state index in [2.05, 4.69) is 4.98 Å². The summed E-state index contributed by atoms with van der Waals surface area (Å²) >= 11 is 0. The van der Waals surface area contributed by atoms with Crippen molar-refractivity contribution in [2.75, 3.05) is 6.54 Å². The first-order valence-electron chi connectivity index (χ1n) is 7.18. The largest absolute Gasteiger partial charge is 0.337 e. The smallest absolute Gasteiger partial charge is 0.240 e. The zero-order valence-corrected chi connectivity index (χ0v) is 13.5. The van der Waals surface area contributed by atoms with E-state index >= 15 is 0 Å². The van der Waals surface area contributed by atoms with Crippen molar-refractivity contribution in [3.05, 3.63) is 66.0 Å². The number of halogens is 1. The third-order valence-corrected chi connectivity index (χ3v) is 3.43. The van der Waals surface area contributed by atoms with Crippen molar-refractivity contribution in [2.24, 2.45) is 5.73 Å². The van der Waals surface area contributed by atoms with E-state index in [1.54, 1.807) is 17.3 Å².